The first-order chi connectivity index (χ1) is 17.6. The summed E-state index contributed by atoms with van der Waals surface area (Å²) in [6.45, 7) is 15.8. The minimum absolute atomic E-state index is 0.883. The summed E-state index contributed by atoms with van der Waals surface area (Å²) in [5.41, 5.74) is 0. The third-order valence-electron chi connectivity index (χ3n) is 8.09. The molecule has 0 N–H and O–H groups in total. The van der Waals surface area contributed by atoms with Crippen molar-refractivity contribution in [3.63, 3.8) is 0 Å². The van der Waals surface area contributed by atoms with Crippen molar-refractivity contribution in [1.29, 1.82) is 0 Å². The molecule has 0 saturated carbocycles. The number of nitrogens with zero attached hydrogens (tertiary/aromatic N) is 1. The van der Waals surface area contributed by atoms with Gasteiger partial charge in [0.15, 0.2) is 0 Å². The van der Waals surface area contributed by atoms with Crippen LogP contribution in [0.25, 0.3) is 0 Å². The quantitative estimate of drug-likeness (QED) is 0.0873. The van der Waals surface area contributed by atoms with Gasteiger partial charge in [-0.2, -0.15) is 0 Å². The van der Waals surface area contributed by atoms with Crippen LogP contribution < -0.4 is 0 Å². The Hall–Kier alpha value is -0.0400. The maximum Gasteiger partial charge on any atom is -0.00187 e. The van der Waals surface area contributed by atoms with Gasteiger partial charge >= 0.3 is 0 Å². The molecule has 218 valence electrons. The molecular formula is C35H73N. The first-order valence-electron chi connectivity index (χ1n) is 17.3. The summed E-state index contributed by atoms with van der Waals surface area (Å²) in [4.78, 5) is 2.84. The third kappa shape index (κ3) is 30.2. The lowest BCUT2D eigenvalue weighted by Crippen LogP contribution is -2.27. The van der Waals surface area contributed by atoms with E-state index in [1.165, 1.54) is 180 Å². The normalized spacial score (nSPS) is 12.0. The van der Waals surface area contributed by atoms with Crippen LogP contribution in [0.3, 0.4) is 0 Å². The fraction of sp³-hybridized carbons (Fsp3) is 1.00. The molecule has 0 aliphatic carbocycles. The molecule has 0 aromatic carbocycles. The molecule has 0 spiro atoms. The minimum Gasteiger partial charge on any atom is -0.303 e. The van der Waals surface area contributed by atoms with Crippen LogP contribution in [-0.4, -0.2) is 24.5 Å². The molecule has 0 aromatic rings. The number of rotatable bonds is 30. The maximum atomic E-state index is 2.84. The Bertz CT molecular complexity index is 364. The smallest absolute Gasteiger partial charge is 0.00187 e. The van der Waals surface area contributed by atoms with Crippen LogP contribution in [0.15, 0.2) is 0 Å². The summed E-state index contributed by atoms with van der Waals surface area (Å²) >= 11 is 0. The summed E-state index contributed by atoms with van der Waals surface area (Å²) < 4.78 is 0. The average molecular weight is 508 g/mol. The zero-order valence-corrected chi connectivity index (χ0v) is 26.4. The third-order valence-corrected chi connectivity index (χ3v) is 8.09. The van der Waals surface area contributed by atoms with E-state index in [-0.39, 0.29) is 0 Å². The lowest BCUT2D eigenvalue weighted by atomic mass is 10.0. The molecule has 1 heteroatoms. The van der Waals surface area contributed by atoms with Gasteiger partial charge in [-0.3, -0.25) is 0 Å². The first-order valence-corrected chi connectivity index (χ1v) is 17.3. The van der Waals surface area contributed by atoms with Crippen LogP contribution in [0.2, 0.25) is 0 Å². The van der Waals surface area contributed by atoms with Gasteiger partial charge in [0.1, 0.15) is 0 Å². The fourth-order valence-electron chi connectivity index (χ4n) is 5.53. The lowest BCUT2D eigenvalue weighted by Gasteiger charge is -2.22. The van der Waals surface area contributed by atoms with Crippen LogP contribution >= 0.6 is 0 Å². The second-order valence-electron chi connectivity index (χ2n) is 13.0. The zero-order valence-electron chi connectivity index (χ0n) is 26.4. The lowest BCUT2D eigenvalue weighted by molar-refractivity contribution is 0.254. The molecule has 0 aliphatic heterocycles. The maximum absolute atomic E-state index is 2.84. The van der Waals surface area contributed by atoms with E-state index in [2.05, 4.69) is 39.5 Å². The van der Waals surface area contributed by atoms with Gasteiger partial charge in [0.05, 0.1) is 0 Å². The van der Waals surface area contributed by atoms with Crippen LogP contribution in [0.4, 0.5) is 0 Å². The molecule has 0 fully saturated rings. The van der Waals surface area contributed by atoms with Crippen molar-refractivity contribution in [1.82, 2.24) is 4.90 Å². The van der Waals surface area contributed by atoms with Gasteiger partial charge in [-0.25, -0.2) is 0 Å². The van der Waals surface area contributed by atoms with E-state index in [9.17, 15) is 0 Å². The van der Waals surface area contributed by atoms with Crippen LogP contribution in [0.5, 0.6) is 0 Å². The van der Waals surface area contributed by atoms with E-state index >= 15 is 0 Å². The summed E-state index contributed by atoms with van der Waals surface area (Å²) in [6.07, 6.45) is 36.2. The van der Waals surface area contributed by atoms with E-state index < -0.39 is 0 Å². The Morgan fingerprint density at radius 1 is 0.333 bits per heavy atom. The molecular weight excluding hydrogens is 434 g/mol. The molecule has 0 aliphatic rings. The molecule has 36 heavy (non-hydrogen) atoms. The minimum atomic E-state index is 0.883. The molecule has 0 radical (unpaired) electrons. The Labute approximate surface area is 231 Å². The zero-order chi connectivity index (χ0) is 26.5. The highest BCUT2D eigenvalue weighted by Gasteiger charge is 2.05. The summed E-state index contributed by atoms with van der Waals surface area (Å²) in [6, 6.07) is 0. The van der Waals surface area contributed by atoms with Crippen molar-refractivity contribution < 1.29 is 0 Å². The average Bonchev–Trinajstić information content (AvgIpc) is 2.84. The topological polar surface area (TPSA) is 3.24 Å². The van der Waals surface area contributed by atoms with Gasteiger partial charge in [0.2, 0.25) is 0 Å². The number of hydrogen-bond acceptors (Lipinski definition) is 1. The summed E-state index contributed by atoms with van der Waals surface area (Å²) in [5.74, 6) is 1.77. The van der Waals surface area contributed by atoms with Crippen molar-refractivity contribution in [2.45, 2.75) is 195 Å². The highest BCUT2D eigenvalue weighted by molar-refractivity contribution is 4.61. The van der Waals surface area contributed by atoms with Gasteiger partial charge in [0.25, 0.3) is 0 Å². The second-order valence-corrected chi connectivity index (χ2v) is 13.0. The fourth-order valence-corrected chi connectivity index (χ4v) is 5.53. The predicted octanol–water partition coefficient (Wildman–Crippen LogP) is 12.4. The number of hydrogen-bond donors (Lipinski definition) is 0. The number of unbranched alkanes of at least 4 members (excludes halogenated alkanes) is 20. The van der Waals surface area contributed by atoms with Gasteiger partial charge in [-0.1, -0.05) is 176 Å². The van der Waals surface area contributed by atoms with E-state index in [0.717, 1.165) is 11.8 Å². The standard InChI is InChI=1S/C35H73N/c1-6-7-8-9-10-11-12-13-16-21-26-31-36(32-27-22-17-14-19-24-29-34(2)3)33-28-23-18-15-20-25-30-35(4)5/h34-35H,6-33H2,1-5H3. The second kappa shape index (κ2) is 29.5. The Morgan fingerprint density at radius 3 is 0.861 bits per heavy atom. The first kappa shape index (κ1) is 36.0. The van der Waals surface area contributed by atoms with Crippen molar-refractivity contribution in [2.75, 3.05) is 19.6 Å². The molecule has 0 amide bonds. The van der Waals surface area contributed by atoms with E-state index in [0.29, 0.717) is 0 Å². The molecule has 0 atom stereocenters. The monoisotopic (exact) mass is 508 g/mol. The van der Waals surface area contributed by atoms with Crippen molar-refractivity contribution in [3.05, 3.63) is 0 Å². The predicted molar refractivity (Wildman–Crippen MR) is 167 cm³/mol. The molecule has 0 aromatic heterocycles. The highest BCUT2D eigenvalue weighted by Crippen LogP contribution is 2.15. The molecule has 0 saturated heterocycles. The van der Waals surface area contributed by atoms with Crippen molar-refractivity contribution >= 4 is 0 Å². The van der Waals surface area contributed by atoms with Gasteiger partial charge < -0.3 is 4.90 Å². The van der Waals surface area contributed by atoms with Gasteiger partial charge in [0, 0.05) is 0 Å². The SMILES string of the molecule is CCCCCCCCCCCCCN(CCCCCCCCC(C)C)CCCCCCCCC(C)C. The Morgan fingerprint density at radius 2 is 0.583 bits per heavy atom. The van der Waals surface area contributed by atoms with Crippen LogP contribution in [0.1, 0.15) is 195 Å². The summed E-state index contributed by atoms with van der Waals surface area (Å²) in [7, 11) is 0. The van der Waals surface area contributed by atoms with Crippen LogP contribution in [0, 0.1) is 11.8 Å². The van der Waals surface area contributed by atoms with Crippen LogP contribution in [-0.2, 0) is 0 Å². The molecule has 0 bridgehead atoms. The summed E-state index contributed by atoms with van der Waals surface area (Å²) in [5, 5.41) is 0. The van der Waals surface area contributed by atoms with Gasteiger partial charge in [-0.15, -0.1) is 0 Å². The van der Waals surface area contributed by atoms with E-state index in [1.807, 2.05) is 0 Å². The Kier molecular flexibility index (Phi) is 29.5. The van der Waals surface area contributed by atoms with Gasteiger partial charge in [-0.05, 0) is 50.7 Å². The largest absolute Gasteiger partial charge is 0.303 e. The van der Waals surface area contributed by atoms with E-state index in [4.69, 9.17) is 0 Å². The molecule has 0 rings (SSSR count). The highest BCUT2D eigenvalue weighted by atomic mass is 15.1. The van der Waals surface area contributed by atoms with Crippen molar-refractivity contribution in [3.8, 4) is 0 Å². The van der Waals surface area contributed by atoms with Crippen molar-refractivity contribution in [2.24, 2.45) is 11.8 Å². The molecule has 0 heterocycles. The van der Waals surface area contributed by atoms with E-state index in [1.54, 1.807) is 0 Å². The molecule has 1 nitrogen and oxygen atoms in total. The molecule has 0 unspecified atom stereocenters. The Balaban J connectivity index is 3.89.